The predicted molar refractivity (Wildman–Crippen MR) is 107 cm³/mol. The molecule has 0 aliphatic carbocycles. The molecule has 0 fully saturated rings. The largest absolute Gasteiger partial charge is 0.495 e. The summed E-state index contributed by atoms with van der Waals surface area (Å²) in [5.74, 6) is 0.845. The molecule has 0 aliphatic heterocycles. The number of carbonyl (C=O) groups is 1. The SMILES string of the molecule is COc1c(Br)cc(Br)cc1/C=C/C(=O)Nc1ccccc1C(C)C. The van der Waals surface area contributed by atoms with Gasteiger partial charge in [0.15, 0.2) is 0 Å². The Bertz CT molecular complexity index is 770. The average Bonchev–Trinajstić information content (AvgIpc) is 2.52. The lowest BCUT2D eigenvalue weighted by atomic mass is 10.0. The number of anilines is 1. The van der Waals surface area contributed by atoms with Crippen molar-refractivity contribution in [3.05, 3.63) is 62.5 Å². The molecule has 0 atom stereocenters. The minimum atomic E-state index is -0.179. The monoisotopic (exact) mass is 451 g/mol. The van der Waals surface area contributed by atoms with Crippen LogP contribution < -0.4 is 10.1 Å². The van der Waals surface area contributed by atoms with Crippen molar-refractivity contribution in [2.75, 3.05) is 12.4 Å². The molecule has 0 saturated carbocycles. The molecule has 2 rings (SSSR count). The summed E-state index contributed by atoms with van der Waals surface area (Å²) >= 11 is 6.90. The average molecular weight is 453 g/mol. The van der Waals surface area contributed by atoms with Gasteiger partial charge in [-0.25, -0.2) is 0 Å². The first-order valence-electron chi connectivity index (χ1n) is 7.53. The summed E-state index contributed by atoms with van der Waals surface area (Å²) in [6.07, 6.45) is 3.25. The molecule has 2 aromatic carbocycles. The number of carbonyl (C=O) groups excluding carboxylic acids is 1. The number of hydrogen-bond acceptors (Lipinski definition) is 2. The van der Waals surface area contributed by atoms with Crippen LogP contribution in [0.4, 0.5) is 5.69 Å². The van der Waals surface area contributed by atoms with Gasteiger partial charge < -0.3 is 10.1 Å². The Morgan fingerprint density at radius 3 is 2.58 bits per heavy atom. The van der Waals surface area contributed by atoms with Crippen LogP contribution in [0, 0.1) is 0 Å². The molecule has 2 aromatic rings. The number of halogens is 2. The molecule has 1 amide bonds. The summed E-state index contributed by atoms with van der Waals surface area (Å²) in [5.41, 5.74) is 2.76. The van der Waals surface area contributed by atoms with Gasteiger partial charge in [-0.3, -0.25) is 4.79 Å². The zero-order valence-corrected chi connectivity index (χ0v) is 16.9. The van der Waals surface area contributed by atoms with E-state index in [9.17, 15) is 4.79 Å². The van der Waals surface area contributed by atoms with Crippen LogP contribution in [-0.4, -0.2) is 13.0 Å². The zero-order valence-electron chi connectivity index (χ0n) is 13.8. The molecule has 0 aromatic heterocycles. The van der Waals surface area contributed by atoms with Crippen LogP contribution in [0.2, 0.25) is 0 Å². The zero-order chi connectivity index (χ0) is 17.7. The third kappa shape index (κ3) is 4.71. The van der Waals surface area contributed by atoms with Crippen LogP contribution >= 0.6 is 31.9 Å². The van der Waals surface area contributed by atoms with Crippen molar-refractivity contribution in [1.82, 2.24) is 0 Å². The Kier molecular flexibility index (Phi) is 6.63. The molecule has 1 N–H and O–H groups in total. The van der Waals surface area contributed by atoms with E-state index >= 15 is 0 Å². The van der Waals surface area contributed by atoms with Crippen LogP contribution in [0.15, 0.2) is 51.4 Å². The maximum atomic E-state index is 12.3. The van der Waals surface area contributed by atoms with Crippen molar-refractivity contribution in [2.45, 2.75) is 19.8 Å². The van der Waals surface area contributed by atoms with Gasteiger partial charge in [0.2, 0.25) is 5.91 Å². The lowest BCUT2D eigenvalue weighted by Gasteiger charge is -2.12. The van der Waals surface area contributed by atoms with Gasteiger partial charge in [0.1, 0.15) is 5.75 Å². The molecule has 0 bridgehead atoms. The lowest BCUT2D eigenvalue weighted by molar-refractivity contribution is -0.111. The van der Waals surface area contributed by atoms with E-state index in [1.807, 2.05) is 36.4 Å². The first-order chi connectivity index (χ1) is 11.4. The smallest absolute Gasteiger partial charge is 0.248 e. The summed E-state index contributed by atoms with van der Waals surface area (Å²) in [6, 6.07) is 11.6. The van der Waals surface area contributed by atoms with Gasteiger partial charge in [-0.05, 0) is 51.7 Å². The molecule has 0 radical (unpaired) electrons. The van der Waals surface area contributed by atoms with E-state index in [-0.39, 0.29) is 5.91 Å². The van der Waals surface area contributed by atoms with E-state index in [0.717, 1.165) is 25.8 Å². The normalized spacial score (nSPS) is 11.1. The molecule has 0 aliphatic rings. The lowest BCUT2D eigenvalue weighted by Crippen LogP contribution is -2.10. The van der Waals surface area contributed by atoms with Gasteiger partial charge >= 0.3 is 0 Å². The second-order valence-electron chi connectivity index (χ2n) is 5.57. The standard InChI is InChI=1S/C19H19Br2NO2/c1-12(2)15-6-4-5-7-17(15)22-18(23)9-8-13-10-14(20)11-16(21)19(13)24-3/h4-12H,1-3H3,(H,22,23)/b9-8+. The van der Waals surface area contributed by atoms with Crippen molar-refractivity contribution in [1.29, 1.82) is 0 Å². The minimum Gasteiger partial charge on any atom is -0.495 e. The topological polar surface area (TPSA) is 38.3 Å². The Labute approximate surface area is 159 Å². The predicted octanol–water partition coefficient (Wildman–Crippen LogP) is 6.00. The Morgan fingerprint density at radius 1 is 1.21 bits per heavy atom. The van der Waals surface area contributed by atoms with Crippen molar-refractivity contribution in [3.8, 4) is 5.75 Å². The summed E-state index contributed by atoms with van der Waals surface area (Å²) in [5, 5.41) is 2.94. The van der Waals surface area contributed by atoms with Gasteiger partial charge in [0.25, 0.3) is 0 Å². The summed E-state index contributed by atoms with van der Waals surface area (Å²) in [4.78, 5) is 12.3. The quantitative estimate of drug-likeness (QED) is 0.565. The molecule has 0 unspecified atom stereocenters. The van der Waals surface area contributed by atoms with Crippen LogP contribution in [0.1, 0.15) is 30.9 Å². The molecule has 0 saturated heterocycles. The third-order valence-electron chi connectivity index (χ3n) is 3.50. The fourth-order valence-electron chi connectivity index (χ4n) is 2.37. The number of benzene rings is 2. The van der Waals surface area contributed by atoms with E-state index in [2.05, 4.69) is 51.0 Å². The molecule has 3 nitrogen and oxygen atoms in total. The van der Waals surface area contributed by atoms with Crippen LogP contribution in [0.25, 0.3) is 6.08 Å². The van der Waals surface area contributed by atoms with Gasteiger partial charge in [0.05, 0.1) is 11.6 Å². The molecule has 0 spiro atoms. The van der Waals surface area contributed by atoms with Crippen LogP contribution in [0.5, 0.6) is 5.75 Å². The number of para-hydroxylation sites is 1. The van der Waals surface area contributed by atoms with Gasteiger partial charge in [0, 0.05) is 21.8 Å². The van der Waals surface area contributed by atoms with E-state index in [1.165, 1.54) is 6.08 Å². The molecule has 24 heavy (non-hydrogen) atoms. The van der Waals surface area contributed by atoms with Gasteiger partial charge in [-0.1, -0.05) is 48.0 Å². The highest BCUT2D eigenvalue weighted by Gasteiger charge is 2.09. The molecular formula is C19H19Br2NO2. The van der Waals surface area contributed by atoms with E-state index < -0.39 is 0 Å². The van der Waals surface area contributed by atoms with Gasteiger partial charge in [-0.2, -0.15) is 0 Å². The Hall–Kier alpha value is -1.59. The fourth-order valence-corrected chi connectivity index (χ4v) is 3.79. The second kappa shape index (κ2) is 8.49. The van der Waals surface area contributed by atoms with Crippen LogP contribution in [-0.2, 0) is 4.79 Å². The molecule has 5 heteroatoms. The van der Waals surface area contributed by atoms with Crippen molar-refractivity contribution >= 4 is 49.5 Å². The van der Waals surface area contributed by atoms with Gasteiger partial charge in [-0.15, -0.1) is 0 Å². The molecule has 0 heterocycles. The first kappa shape index (κ1) is 18.7. The van der Waals surface area contributed by atoms with Crippen molar-refractivity contribution in [2.24, 2.45) is 0 Å². The number of rotatable bonds is 5. The summed E-state index contributed by atoms with van der Waals surface area (Å²) in [6.45, 7) is 4.20. The number of ether oxygens (including phenoxy) is 1. The van der Waals surface area contributed by atoms with E-state index in [4.69, 9.17) is 4.74 Å². The Morgan fingerprint density at radius 2 is 1.92 bits per heavy atom. The fraction of sp³-hybridized carbons (Fsp3) is 0.211. The number of amides is 1. The molecule has 126 valence electrons. The number of hydrogen-bond donors (Lipinski definition) is 1. The van der Waals surface area contributed by atoms with E-state index in [0.29, 0.717) is 11.7 Å². The van der Waals surface area contributed by atoms with Crippen molar-refractivity contribution in [3.63, 3.8) is 0 Å². The summed E-state index contributed by atoms with van der Waals surface area (Å²) < 4.78 is 7.11. The molecular weight excluding hydrogens is 434 g/mol. The third-order valence-corrected chi connectivity index (χ3v) is 4.54. The second-order valence-corrected chi connectivity index (χ2v) is 7.34. The highest BCUT2D eigenvalue weighted by molar-refractivity contribution is 9.11. The highest BCUT2D eigenvalue weighted by Crippen LogP contribution is 2.33. The number of methoxy groups -OCH3 is 1. The maximum Gasteiger partial charge on any atom is 0.248 e. The number of nitrogens with one attached hydrogen (secondary N) is 1. The summed E-state index contributed by atoms with van der Waals surface area (Å²) in [7, 11) is 1.60. The Balaban J connectivity index is 2.21. The van der Waals surface area contributed by atoms with Crippen LogP contribution in [0.3, 0.4) is 0 Å². The first-order valence-corrected chi connectivity index (χ1v) is 9.12. The van der Waals surface area contributed by atoms with Crippen molar-refractivity contribution < 1.29 is 9.53 Å². The maximum absolute atomic E-state index is 12.3. The highest BCUT2D eigenvalue weighted by atomic mass is 79.9. The minimum absolute atomic E-state index is 0.179. The van der Waals surface area contributed by atoms with E-state index in [1.54, 1.807) is 13.2 Å².